The van der Waals surface area contributed by atoms with Gasteiger partial charge in [-0.1, -0.05) is 224 Å². The fourth-order valence-corrected chi connectivity index (χ4v) is 18.2. The van der Waals surface area contributed by atoms with Crippen LogP contribution in [0.4, 0.5) is 27.5 Å². The number of carbonyl (C=O) groups is 3. The zero-order valence-electron chi connectivity index (χ0n) is 63.3. The van der Waals surface area contributed by atoms with Gasteiger partial charge in [-0.25, -0.2) is 39.5 Å². The molecule has 17 rings (SSSR count). The van der Waals surface area contributed by atoms with Gasteiger partial charge in [0.2, 0.25) is 41.9 Å². The Labute approximate surface area is 676 Å². The van der Waals surface area contributed by atoms with E-state index in [-0.39, 0.29) is 46.7 Å². The maximum atomic E-state index is 13.2. The van der Waals surface area contributed by atoms with Crippen LogP contribution in [0.2, 0.25) is 0 Å². The van der Waals surface area contributed by atoms with Crippen molar-refractivity contribution in [2.75, 3.05) is 32.7 Å². The van der Waals surface area contributed by atoms with Crippen molar-refractivity contribution in [2.24, 2.45) is 0 Å². The topological polar surface area (TPSA) is 268 Å². The number of pyridine rings is 3. The first-order chi connectivity index (χ1) is 56.4. The molecule has 4 atom stereocenters. The maximum Gasteiger partial charge on any atom is 0.408 e. The van der Waals surface area contributed by atoms with Gasteiger partial charge in [0.1, 0.15) is 18.7 Å². The summed E-state index contributed by atoms with van der Waals surface area (Å²) in [5.74, 6) is -0.439. The Balaban J connectivity index is 0.000000128. The Morgan fingerprint density at radius 1 is 0.353 bits per heavy atom. The summed E-state index contributed by atoms with van der Waals surface area (Å²) in [6.45, 7) is 3.59. The molecule has 588 valence electrons. The molecule has 4 N–H and O–H groups in total. The second kappa shape index (κ2) is 37.5. The number of ether oxygens (including phenoxy) is 1. The lowest BCUT2D eigenvalue weighted by Gasteiger charge is -2.36. The van der Waals surface area contributed by atoms with Crippen molar-refractivity contribution in [3.63, 3.8) is 0 Å². The number of anilines is 4. The van der Waals surface area contributed by atoms with Crippen molar-refractivity contribution in [3.05, 3.63) is 391 Å². The van der Waals surface area contributed by atoms with E-state index in [1.807, 2.05) is 176 Å². The van der Waals surface area contributed by atoms with Crippen molar-refractivity contribution in [1.82, 2.24) is 39.0 Å². The molecule has 0 aliphatic carbocycles. The van der Waals surface area contributed by atoms with Crippen LogP contribution in [0.5, 0.6) is 0 Å². The number of rotatable bonds is 21. The molecule has 9 aromatic carbocycles. The van der Waals surface area contributed by atoms with Gasteiger partial charge in [0, 0.05) is 112 Å². The maximum absolute atomic E-state index is 13.2. The highest BCUT2D eigenvalue weighted by Gasteiger charge is 2.38. The number of hydrogen-bond donors (Lipinski definition) is 4. The van der Waals surface area contributed by atoms with E-state index in [2.05, 4.69) is 97.6 Å². The van der Waals surface area contributed by atoms with E-state index in [0.29, 0.717) is 50.3 Å². The number of amides is 3. The van der Waals surface area contributed by atoms with Crippen molar-refractivity contribution in [3.8, 4) is 5.69 Å². The van der Waals surface area contributed by atoms with Gasteiger partial charge in [0.25, 0.3) is 0 Å². The molecule has 13 aromatic rings. The molecule has 0 spiro atoms. The van der Waals surface area contributed by atoms with Crippen molar-refractivity contribution >= 4 is 70.7 Å². The summed E-state index contributed by atoms with van der Waals surface area (Å²) >= 11 is 0. The minimum atomic E-state index is -3.81. The molecule has 25 heteroatoms. The second-order valence-corrected chi connectivity index (χ2v) is 33.4. The third kappa shape index (κ3) is 20.6. The lowest BCUT2D eigenvalue weighted by molar-refractivity contribution is -0.121. The van der Waals surface area contributed by atoms with Crippen molar-refractivity contribution in [2.45, 2.75) is 97.3 Å². The number of sulfonamides is 3. The number of hydrogen-bond acceptors (Lipinski definition) is 15. The molecular formula is C91H86N12O10S3. The normalized spacial score (nSPS) is 16.2. The van der Waals surface area contributed by atoms with E-state index in [9.17, 15) is 39.6 Å². The molecule has 0 radical (unpaired) electrons. The van der Waals surface area contributed by atoms with E-state index >= 15 is 0 Å². The molecule has 4 aliphatic heterocycles. The van der Waals surface area contributed by atoms with Crippen LogP contribution in [0.1, 0.15) is 50.1 Å². The standard InChI is InChI=1S/C26H25N3O2S.C23H21N3O3.C21H19N3O3S.C21H21N3O2S/c30-32(31,25-14-8-3-9-15-25)27-23-16-22-18-28(24-12-6-2-7-13-24)20-26(22)29(19-23)17-21-10-4-1-5-11-21;27-22-20(25-23(28)29-16-18-9-5-2-6-10-18)13-19-14-24-12-11-21(19)26(22)15-17-7-3-1-4-8-17;25-21-19(23-28(26,27)18-9-5-2-6-10-18)13-17-14-22-12-11-20(17)24(21)15-16-7-3-1-4-8-16;25-27(26,20-9-5-2-6-10-20)23-19-13-18-14-22-12-11-21(18)24(16-19)15-17-7-3-1-4-8-17/h1-15,18,20,23,27H,16-17,19H2;1-12,14,20H,13,15-16H2,(H,25,28);1-12,14,19,23H,13,15H2;1-12,14,19,23H,13,15-16H2. The number of nitrogens with one attached hydrogen (secondary N) is 4. The SMILES string of the molecule is O=C(NC1Cc2cnccc2N(Cc2ccccc2)C1=O)OCc1ccccc1.O=C1C(NS(=O)(=O)c2ccccc2)Cc2cnccc2N1Cc1ccccc1.O=S(=O)(NC1Cc2cn(-c3ccccc3)cc2N(Cc2ccccc2)C1)c1ccccc1.O=S(=O)(NC1Cc2cnccc2N(Cc2ccccc2)C1)c1ccccc1. The number of benzene rings is 9. The molecule has 22 nitrogen and oxygen atoms in total. The number of aromatic nitrogens is 4. The van der Waals surface area contributed by atoms with Crippen LogP contribution in [-0.2, 0) is 103 Å². The van der Waals surface area contributed by atoms with Crippen LogP contribution in [0.25, 0.3) is 5.69 Å². The molecule has 4 aliphatic rings. The van der Waals surface area contributed by atoms with Gasteiger partial charge in [-0.3, -0.25) is 24.5 Å². The first kappa shape index (κ1) is 79.9. The lowest BCUT2D eigenvalue weighted by Crippen LogP contribution is -2.52. The fraction of sp³-hybridized carbons (Fsp3) is 0.165. The van der Waals surface area contributed by atoms with Crippen LogP contribution in [0.15, 0.2) is 355 Å². The molecular weight excluding hydrogens is 1520 g/mol. The number of alkyl carbamates (subject to hydrolysis) is 1. The third-order valence-corrected chi connectivity index (χ3v) is 24.6. The van der Waals surface area contributed by atoms with Gasteiger partial charge in [0.15, 0.2) is 0 Å². The zero-order valence-corrected chi connectivity index (χ0v) is 65.8. The number of carbonyl (C=O) groups excluding carboxylic acids is 3. The van der Waals surface area contributed by atoms with Gasteiger partial charge >= 0.3 is 6.09 Å². The van der Waals surface area contributed by atoms with Crippen molar-refractivity contribution in [1.29, 1.82) is 0 Å². The number of fused-ring (bicyclic) bond motifs is 4. The predicted molar refractivity (Wildman–Crippen MR) is 449 cm³/mol. The fourth-order valence-electron chi connectivity index (χ4n) is 14.5. The first-order valence-electron chi connectivity index (χ1n) is 38.0. The summed E-state index contributed by atoms with van der Waals surface area (Å²) in [5, 5.41) is 2.72. The highest BCUT2D eigenvalue weighted by atomic mass is 32.2. The summed E-state index contributed by atoms with van der Waals surface area (Å²) in [5.41, 5.74) is 14.1. The largest absolute Gasteiger partial charge is 0.445 e. The molecule has 0 bridgehead atoms. The van der Waals surface area contributed by atoms with E-state index < -0.39 is 48.2 Å². The third-order valence-electron chi connectivity index (χ3n) is 20.0. The molecule has 4 unspecified atom stereocenters. The summed E-state index contributed by atoms with van der Waals surface area (Å²) in [7, 11) is -11.0. The molecule has 0 saturated carbocycles. The highest BCUT2D eigenvalue weighted by molar-refractivity contribution is 7.90. The van der Waals surface area contributed by atoms with E-state index in [1.54, 1.807) is 114 Å². The molecule has 3 amide bonds. The van der Waals surface area contributed by atoms with Gasteiger partial charge < -0.3 is 34.2 Å². The van der Waals surface area contributed by atoms with Gasteiger partial charge in [-0.15, -0.1) is 0 Å². The van der Waals surface area contributed by atoms with Crippen molar-refractivity contribution < 1.29 is 44.4 Å². The Bertz CT molecular complexity index is 5810. The van der Waals surface area contributed by atoms with Gasteiger partial charge in [-0.05, 0) is 130 Å². The van der Waals surface area contributed by atoms with E-state index in [0.717, 1.165) is 80.5 Å². The molecule has 4 aromatic heterocycles. The molecule has 0 fully saturated rings. The highest BCUT2D eigenvalue weighted by Crippen LogP contribution is 2.35. The smallest absolute Gasteiger partial charge is 0.408 e. The van der Waals surface area contributed by atoms with Crippen LogP contribution >= 0.6 is 0 Å². The van der Waals surface area contributed by atoms with Gasteiger partial charge in [-0.2, -0.15) is 4.72 Å². The average molecular weight is 1600 g/mol. The Morgan fingerprint density at radius 3 is 1.12 bits per heavy atom. The Morgan fingerprint density at radius 2 is 0.690 bits per heavy atom. The molecule has 8 heterocycles. The zero-order chi connectivity index (χ0) is 80.3. The summed E-state index contributed by atoms with van der Waals surface area (Å²) in [6.07, 6.45) is 15.9. The lowest BCUT2D eigenvalue weighted by atomic mass is 9.98. The number of nitrogens with zero attached hydrogens (tertiary/aromatic N) is 8. The quantitative estimate of drug-likeness (QED) is 0.0521. The van der Waals surface area contributed by atoms with Crippen LogP contribution in [0, 0.1) is 0 Å². The minimum Gasteiger partial charge on any atom is -0.445 e. The van der Waals surface area contributed by atoms with Crippen LogP contribution in [-0.4, -0.2) is 99.9 Å². The summed E-state index contributed by atoms with van der Waals surface area (Å²) in [6, 6.07) is 88.2. The van der Waals surface area contributed by atoms with E-state index in [4.69, 9.17) is 4.74 Å². The second-order valence-electron chi connectivity index (χ2n) is 28.3. The number of para-hydroxylation sites is 1. The summed E-state index contributed by atoms with van der Waals surface area (Å²) in [4.78, 5) is 59.7. The first-order valence-corrected chi connectivity index (χ1v) is 42.4. The summed E-state index contributed by atoms with van der Waals surface area (Å²) < 4.78 is 92.6. The Kier molecular flexibility index (Phi) is 25.8. The van der Waals surface area contributed by atoms with E-state index in [1.165, 1.54) is 23.3 Å². The average Bonchev–Trinajstić information content (AvgIpc) is 1.59. The Hall–Kier alpha value is -12.8. The predicted octanol–water partition coefficient (Wildman–Crippen LogP) is 13.4. The van der Waals surface area contributed by atoms with Crippen LogP contribution in [0.3, 0.4) is 0 Å². The monoisotopic (exact) mass is 1600 g/mol. The van der Waals surface area contributed by atoms with Crippen LogP contribution < -0.4 is 39.1 Å². The van der Waals surface area contributed by atoms with Gasteiger partial charge in [0.05, 0.1) is 44.8 Å². The minimum absolute atomic E-state index is 0.134. The molecule has 0 saturated heterocycles. The molecule has 116 heavy (non-hydrogen) atoms.